The second-order valence-corrected chi connectivity index (χ2v) is 5.63. The molecule has 1 aliphatic heterocycles. The van der Waals surface area contributed by atoms with Crippen molar-refractivity contribution in [3.8, 4) is 0 Å². The first-order chi connectivity index (χ1) is 9.72. The normalized spacial score (nSPS) is 24.0. The van der Waals surface area contributed by atoms with Gasteiger partial charge in [-0.05, 0) is 30.5 Å². The molecule has 2 fully saturated rings. The Kier molecular flexibility index (Phi) is 4.29. The molecule has 0 amide bonds. The third-order valence-electron chi connectivity index (χ3n) is 3.94. The van der Waals surface area contributed by atoms with Gasteiger partial charge in [0.15, 0.2) is 11.6 Å². The van der Waals surface area contributed by atoms with Crippen molar-refractivity contribution in [2.24, 2.45) is 0 Å². The topological polar surface area (TPSA) is 24.5 Å². The van der Waals surface area contributed by atoms with Crippen LogP contribution < -0.4 is 5.32 Å². The van der Waals surface area contributed by atoms with Gasteiger partial charge in [0.05, 0.1) is 13.2 Å². The summed E-state index contributed by atoms with van der Waals surface area (Å²) in [5, 5.41) is 3.51. The van der Waals surface area contributed by atoms with Crippen LogP contribution in [0.25, 0.3) is 0 Å². The molecule has 0 bridgehead atoms. The van der Waals surface area contributed by atoms with Crippen LogP contribution in [0.1, 0.15) is 18.4 Å². The highest BCUT2D eigenvalue weighted by Gasteiger charge is 2.27. The Hall–Kier alpha value is -1.04. The lowest BCUT2D eigenvalue weighted by Gasteiger charge is -2.35. The van der Waals surface area contributed by atoms with Gasteiger partial charge in [-0.25, -0.2) is 8.78 Å². The fraction of sp³-hybridized carbons (Fsp3) is 0.600. The summed E-state index contributed by atoms with van der Waals surface area (Å²) in [5.74, 6) is -1.56. The van der Waals surface area contributed by atoms with Gasteiger partial charge in [-0.1, -0.05) is 6.07 Å². The highest BCUT2D eigenvalue weighted by Crippen LogP contribution is 2.20. The Balaban J connectivity index is 1.61. The second kappa shape index (κ2) is 6.16. The van der Waals surface area contributed by atoms with Gasteiger partial charge in [0.1, 0.15) is 0 Å². The summed E-state index contributed by atoms with van der Waals surface area (Å²) in [5.41, 5.74) is 0.808. The SMILES string of the molecule is Fc1ccc(CN2CCOCC2CNC2CC2)cc1F. The molecule has 1 heterocycles. The number of rotatable bonds is 5. The highest BCUT2D eigenvalue weighted by molar-refractivity contribution is 5.18. The minimum atomic E-state index is -0.789. The van der Waals surface area contributed by atoms with Crippen LogP contribution in [0.5, 0.6) is 0 Å². The molecule has 3 nitrogen and oxygen atoms in total. The molecule has 0 radical (unpaired) electrons. The van der Waals surface area contributed by atoms with Crippen molar-refractivity contribution < 1.29 is 13.5 Å². The maximum atomic E-state index is 13.3. The molecule has 2 aliphatic rings. The Morgan fingerprint density at radius 2 is 2.10 bits per heavy atom. The summed E-state index contributed by atoms with van der Waals surface area (Å²) in [6, 6.07) is 5.11. The third-order valence-corrected chi connectivity index (χ3v) is 3.94. The Morgan fingerprint density at radius 3 is 2.85 bits per heavy atom. The predicted octanol–water partition coefficient (Wildman–Crippen LogP) is 1.92. The number of benzene rings is 1. The maximum Gasteiger partial charge on any atom is 0.159 e. The van der Waals surface area contributed by atoms with Crippen molar-refractivity contribution in [3.63, 3.8) is 0 Å². The number of morpholine rings is 1. The summed E-state index contributed by atoms with van der Waals surface area (Å²) in [4.78, 5) is 2.28. The molecule has 1 atom stereocenters. The summed E-state index contributed by atoms with van der Waals surface area (Å²) in [6.07, 6.45) is 2.52. The Morgan fingerprint density at radius 1 is 1.25 bits per heavy atom. The van der Waals surface area contributed by atoms with Crippen molar-refractivity contribution in [2.75, 3.05) is 26.3 Å². The standard InChI is InChI=1S/C15H20F2N2O/c16-14-4-1-11(7-15(14)17)9-19-5-6-20-10-13(19)8-18-12-2-3-12/h1,4,7,12-13,18H,2-3,5-6,8-10H2. The molecule has 0 spiro atoms. The molecule has 1 aromatic rings. The van der Waals surface area contributed by atoms with Crippen LogP contribution in [0.3, 0.4) is 0 Å². The average Bonchev–Trinajstić information content (AvgIpc) is 3.26. The van der Waals surface area contributed by atoms with E-state index in [1.54, 1.807) is 6.07 Å². The van der Waals surface area contributed by atoms with E-state index in [1.165, 1.54) is 25.0 Å². The second-order valence-electron chi connectivity index (χ2n) is 5.63. The number of hydrogen-bond acceptors (Lipinski definition) is 3. The summed E-state index contributed by atoms with van der Waals surface area (Å²) < 4.78 is 31.7. The van der Waals surface area contributed by atoms with E-state index in [0.29, 0.717) is 31.8 Å². The predicted molar refractivity (Wildman–Crippen MR) is 72.4 cm³/mol. The van der Waals surface area contributed by atoms with Gasteiger partial charge in [0.2, 0.25) is 0 Å². The number of nitrogens with one attached hydrogen (secondary N) is 1. The van der Waals surface area contributed by atoms with Gasteiger partial charge >= 0.3 is 0 Å². The van der Waals surface area contributed by atoms with Gasteiger partial charge in [0.25, 0.3) is 0 Å². The summed E-state index contributed by atoms with van der Waals surface area (Å²) in [7, 11) is 0. The largest absolute Gasteiger partial charge is 0.378 e. The number of ether oxygens (including phenoxy) is 1. The zero-order chi connectivity index (χ0) is 13.9. The molecule has 1 N–H and O–H groups in total. The Bertz CT molecular complexity index is 465. The monoisotopic (exact) mass is 282 g/mol. The molecule has 1 saturated heterocycles. The number of hydrogen-bond donors (Lipinski definition) is 1. The van der Waals surface area contributed by atoms with Crippen molar-refractivity contribution in [2.45, 2.75) is 31.5 Å². The lowest BCUT2D eigenvalue weighted by Crippen LogP contribution is -2.50. The first-order valence-electron chi connectivity index (χ1n) is 7.21. The minimum Gasteiger partial charge on any atom is -0.378 e. The van der Waals surface area contributed by atoms with Gasteiger partial charge < -0.3 is 10.1 Å². The van der Waals surface area contributed by atoms with Crippen LogP contribution in [0.4, 0.5) is 8.78 Å². The zero-order valence-electron chi connectivity index (χ0n) is 11.4. The maximum absolute atomic E-state index is 13.3. The van der Waals surface area contributed by atoms with Crippen LogP contribution in [-0.2, 0) is 11.3 Å². The third kappa shape index (κ3) is 3.53. The van der Waals surface area contributed by atoms with E-state index in [1.807, 2.05) is 0 Å². The molecule has 20 heavy (non-hydrogen) atoms. The minimum absolute atomic E-state index is 0.303. The van der Waals surface area contributed by atoms with E-state index >= 15 is 0 Å². The number of halogens is 2. The van der Waals surface area contributed by atoms with Gasteiger partial charge in [-0.3, -0.25) is 4.90 Å². The molecular formula is C15H20F2N2O. The first kappa shape index (κ1) is 13.9. The quantitative estimate of drug-likeness (QED) is 0.893. The van der Waals surface area contributed by atoms with Crippen molar-refractivity contribution in [1.29, 1.82) is 0 Å². The highest BCUT2D eigenvalue weighted by atomic mass is 19.2. The van der Waals surface area contributed by atoms with Crippen LogP contribution >= 0.6 is 0 Å². The Labute approximate surface area is 117 Å². The molecule has 1 saturated carbocycles. The summed E-state index contributed by atoms with van der Waals surface area (Å²) >= 11 is 0. The molecule has 1 aliphatic carbocycles. The van der Waals surface area contributed by atoms with Gasteiger partial charge in [-0.15, -0.1) is 0 Å². The molecule has 3 rings (SSSR count). The lowest BCUT2D eigenvalue weighted by molar-refractivity contribution is -0.0110. The fourth-order valence-electron chi connectivity index (χ4n) is 2.55. The van der Waals surface area contributed by atoms with Crippen molar-refractivity contribution >= 4 is 0 Å². The van der Waals surface area contributed by atoms with Crippen molar-refractivity contribution in [1.82, 2.24) is 10.2 Å². The van der Waals surface area contributed by atoms with E-state index in [9.17, 15) is 8.78 Å². The molecular weight excluding hydrogens is 262 g/mol. The van der Waals surface area contributed by atoms with Gasteiger partial charge in [-0.2, -0.15) is 0 Å². The van der Waals surface area contributed by atoms with E-state index in [-0.39, 0.29) is 0 Å². The number of nitrogens with zero attached hydrogens (tertiary/aromatic N) is 1. The smallest absolute Gasteiger partial charge is 0.159 e. The van der Waals surface area contributed by atoms with E-state index in [0.717, 1.165) is 18.7 Å². The molecule has 1 unspecified atom stereocenters. The van der Waals surface area contributed by atoms with Crippen LogP contribution in [0.2, 0.25) is 0 Å². The molecule has 0 aromatic heterocycles. The van der Waals surface area contributed by atoms with Crippen molar-refractivity contribution in [3.05, 3.63) is 35.4 Å². The zero-order valence-corrected chi connectivity index (χ0v) is 11.4. The molecule has 1 aromatic carbocycles. The van der Waals surface area contributed by atoms with E-state index < -0.39 is 11.6 Å². The molecule has 110 valence electrons. The van der Waals surface area contributed by atoms with Gasteiger partial charge in [0, 0.05) is 31.7 Å². The first-order valence-corrected chi connectivity index (χ1v) is 7.21. The lowest BCUT2D eigenvalue weighted by atomic mass is 10.1. The summed E-state index contributed by atoms with van der Waals surface area (Å²) in [6.45, 7) is 3.76. The fourth-order valence-corrected chi connectivity index (χ4v) is 2.55. The van der Waals surface area contributed by atoms with E-state index in [2.05, 4.69) is 10.2 Å². The molecule has 5 heteroatoms. The van der Waals surface area contributed by atoms with Crippen LogP contribution in [-0.4, -0.2) is 43.3 Å². The van der Waals surface area contributed by atoms with Crippen LogP contribution in [0, 0.1) is 11.6 Å². The van der Waals surface area contributed by atoms with Crippen LogP contribution in [0.15, 0.2) is 18.2 Å². The average molecular weight is 282 g/mol. The van der Waals surface area contributed by atoms with E-state index in [4.69, 9.17) is 4.74 Å².